The predicted octanol–water partition coefficient (Wildman–Crippen LogP) is 4.93. The third kappa shape index (κ3) is 5.33. The van der Waals surface area contributed by atoms with Crippen LogP contribution >= 0.6 is 11.8 Å². The van der Waals surface area contributed by atoms with Crippen molar-refractivity contribution >= 4 is 29.3 Å². The largest absolute Gasteiger partial charge is 0.328 e. The Morgan fingerprint density at radius 2 is 1.74 bits per heavy atom. The van der Waals surface area contributed by atoms with Crippen LogP contribution in [0.15, 0.2) is 47.6 Å². The van der Waals surface area contributed by atoms with Crippen molar-refractivity contribution in [2.45, 2.75) is 58.3 Å². The van der Waals surface area contributed by atoms with Gasteiger partial charge in [-0.15, -0.1) is 10.2 Å². The quantitative estimate of drug-likeness (QED) is 0.488. The zero-order valence-corrected chi connectivity index (χ0v) is 21.0. The van der Waals surface area contributed by atoms with Gasteiger partial charge >= 0.3 is 0 Å². The van der Waals surface area contributed by atoms with Gasteiger partial charge in [0.15, 0.2) is 11.0 Å². The molecule has 1 unspecified atom stereocenters. The Kier molecular flexibility index (Phi) is 7.36. The summed E-state index contributed by atoms with van der Waals surface area (Å²) in [6.07, 6.45) is 1.78. The molecule has 0 spiro atoms. The summed E-state index contributed by atoms with van der Waals surface area (Å²) in [7, 11) is 0. The van der Waals surface area contributed by atoms with Gasteiger partial charge in [0, 0.05) is 24.3 Å². The van der Waals surface area contributed by atoms with Gasteiger partial charge in [-0.25, -0.2) is 0 Å². The van der Waals surface area contributed by atoms with Gasteiger partial charge in [-0.3, -0.25) is 9.59 Å². The SMILES string of the molecule is CCn1c(SCC(=O)Nc2cc(C)cc(C)c2)nnc1C1CCCN1C(=O)c1ccc(C)cc1. The van der Waals surface area contributed by atoms with E-state index in [-0.39, 0.29) is 23.6 Å². The van der Waals surface area contributed by atoms with Crippen LogP contribution in [0.25, 0.3) is 0 Å². The Labute approximate surface area is 205 Å². The number of rotatable bonds is 7. The fourth-order valence-electron chi connectivity index (χ4n) is 4.46. The van der Waals surface area contributed by atoms with Crippen molar-refractivity contribution < 1.29 is 9.59 Å². The maximum Gasteiger partial charge on any atom is 0.254 e. The predicted molar refractivity (Wildman–Crippen MR) is 135 cm³/mol. The van der Waals surface area contributed by atoms with Crippen molar-refractivity contribution in [1.29, 1.82) is 0 Å². The van der Waals surface area contributed by atoms with E-state index in [0.717, 1.165) is 41.0 Å². The van der Waals surface area contributed by atoms with E-state index in [1.54, 1.807) is 0 Å². The van der Waals surface area contributed by atoms with Crippen LogP contribution < -0.4 is 5.32 Å². The molecular formula is C26H31N5O2S. The average molecular weight is 478 g/mol. The number of hydrogen-bond acceptors (Lipinski definition) is 5. The molecule has 1 saturated heterocycles. The lowest BCUT2D eigenvalue weighted by Crippen LogP contribution is -2.32. The summed E-state index contributed by atoms with van der Waals surface area (Å²) < 4.78 is 2.03. The maximum absolute atomic E-state index is 13.2. The molecule has 34 heavy (non-hydrogen) atoms. The molecule has 1 aromatic heterocycles. The van der Waals surface area contributed by atoms with Gasteiger partial charge < -0.3 is 14.8 Å². The molecule has 0 aliphatic carbocycles. The summed E-state index contributed by atoms with van der Waals surface area (Å²) in [6.45, 7) is 9.45. The van der Waals surface area contributed by atoms with E-state index in [1.165, 1.54) is 11.8 Å². The lowest BCUT2D eigenvalue weighted by Gasteiger charge is -2.24. The molecule has 2 heterocycles. The molecule has 7 nitrogen and oxygen atoms in total. The molecule has 0 saturated carbocycles. The van der Waals surface area contributed by atoms with Crippen LogP contribution in [0.4, 0.5) is 5.69 Å². The minimum atomic E-state index is -0.111. The third-order valence-corrected chi connectivity index (χ3v) is 6.98. The van der Waals surface area contributed by atoms with Gasteiger partial charge in [-0.1, -0.05) is 35.5 Å². The number of likely N-dealkylation sites (tertiary alicyclic amines) is 1. The molecule has 1 aliphatic heterocycles. The maximum atomic E-state index is 13.2. The van der Waals surface area contributed by atoms with E-state index in [4.69, 9.17) is 0 Å². The number of amides is 2. The molecule has 0 radical (unpaired) electrons. The van der Waals surface area contributed by atoms with E-state index in [0.29, 0.717) is 23.8 Å². The van der Waals surface area contributed by atoms with Crippen LogP contribution in [0.1, 0.15) is 58.7 Å². The summed E-state index contributed by atoms with van der Waals surface area (Å²) >= 11 is 1.37. The summed E-state index contributed by atoms with van der Waals surface area (Å²) in [5, 5.41) is 12.5. The Balaban J connectivity index is 1.45. The van der Waals surface area contributed by atoms with Gasteiger partial charge in [0.2, 0.25) is 5.91 Å². The Morgan fingerprint density at radius 1 is 1.03 bits per heavy atom. The molecule has 1 fully saturated rings. The number of aryl methyl sites for hydroxylation is 3. The van der Waals surface area contributed by atoms with Crippen molar-refractivity contribution in [1.82, 2.24) is 19.7 Å². The topological polar surface area (TPSA) is 80.1 Å². The molecule has 2 amide bonds. The number of thioether (sulfide) groups is 1. The molecule has 4 rings (SSSR count). The second-order valence-electron chi connectivity index (χ2n) is 8.82. The van der Waals surface area contributed by atoms with Crippen molar-refractivity contribution in [3.05, 3.63) is 70.5 Å². The van der Waals surface area contributed by atoms with E-state index < -0.39 is 0 Å². The van der Waals surface area contributed by atoms with Crippen molar-refractivity contribution in [3.63, 3.8) is 0 Å². The fraction of sp³-hybridized carbons (Fsp3) is 0.385. The standard InChI is InChI=1S/C26H31N5O2S/c1-5-30-24(22-7-6-12-31(22)25(33)20-10-8-17(2)9-11-20)28-29-26(30)34-16-23(32)27-21-14-18(3)13-19(4)15-21/h8-11,13-15,22H,5-7,12,16H2,1-4H3,(H,27,32). The molecular weight excluding hydrogens is 446 g/mol. The van der Waals surface area contributed by atoms with Gasteiger partial charge in [-0.05, 0) is 75.9 Å². The third-order valence-electron chi connectivity index (χ3n) is 6.01. The highest BCUT2D eigenvalue weighted by molar-refractivity contribution is 7.99. The number of benzene rings is 2. The number of nitrogens with zero attached hydrogens (tertiary/aromatic N) is 4. The van der Waals surface area contributed by atoms with Gasteiger partial charge in [-0.2, -0.15) is 0 Å². The molecule has 3 aromatic rings. The summed E-state index contributed by atoms with van der Waals surface area (Å²) in [6, 6.07) is 13.6. The molecule has 8 heteroatoms. The first-order chi connectivity index (χ1) is 16.4. The average Bonchev–Trinajstić information content (AvgIpc) is 3.43. The number of nitrogens with one attached hydrogen (secondary N) is 1. The summed E-state index contributed by atoms with van der Waals surface area (Å²) in [5.74, 6) is 0.967. The lowest BCUT2D eigenvalue weighted by atomic mass is 10.1. The van der Waals surface area contributed by atoms with E-state index >= 15 is 0 Å². The molecule has 0 bridgehead atoms. The molecule has 178 valence electrons. The molecule has 2 aromatic carbocycles. The first-order valence-electron chi connectivity index (χ1n) is 11.7. The van der Waals surface area contributed by atoms with Crippen LogP contribution in [0.5, 0.6) is 0 Å². The van der Waals surface area contributed by atoms with Crippen LogP contribution in [0, 0.1) is 20.8 Å². The van der Waals surface area contributed by atoms with Crippen LogP contribution in [0.3, 0.4) is 0 Å². The lowest BCUT2D eigenvalue weighted by molar-refractivity contribution is -0.113. The highest BCUT2D eigenvalue weighted by Gasteiger charge is 2.34. The van der Waals surface area contributed by atoms with Crippen molar-refractivity contribution in [2.24, 2.45) is 0 Å². The highest BCUT2D eigenvalue weighted by Crippen LogP contribution is 2.34. The minimum Gasteiger partial charge on any atom is -0.328 e. The monoisotopic (exact) mass is 477 g/mol. The van der Waals surface area contributed by atoms with Crippen LogP contribution in [-0.4, -0.2) is 43.8 Å². The van der Waals surface area contributed by atoms with Crippen molar-refractivity contribution in [2.75, 3.05) is 17.6 Å². The fourth-order valence-corrected chi connectivity index (χ4v) is 5.27. The number of anilines is 1. The summed E-state index contributed by atoms with van der Waals surface area (Å²) in [5.41, 5.74) is 4.84. The van der Waals surface area contributed by atoms with Crippen molar-refractivity contribution in [3.8, 4) is 0 Å². The Hall–Kier alpha value is -3.13. The van der Waals surface area contributed by atoms with Crippen LogP contribution in [-0.2, 0) is 11.3 Å². The van der Waals surface area contributed by atoms with Crippen LogP contribution in [0.2, 0.25) is 0 Å². The van der Waals surface area contributed by atoms with E-state index in [2.05, 4.69) is 21.6 Å². The molecule has 1 N–H and O–H groups in total. The zero-order valence-electron chi connectivity index (χ0n) is 20.2. The van der Waals surface area contributed by atoms with Gasteiger partial charge in [0.25, 0.3) is 5.91 Å². The van der Waals surface area contributed by atoms with E-state index in [1.807, 2.05) is 73.6 Å². The number of hydrogen-bond donors (Lipinski definition) is 1. The Bertz CT molecular complexity index is 1170. The molecule has 1 aliphatic rings. The Morgan fingerprint density at radius 3 is 2.41 bits per heavy atom. The second-order valence-corrected chi connectivity index (χ2v) is 9.76. The smallest absolute Gasteiger partial charge is 0.254 e. The highest BCUT2D eigenvalue weighted by atomic mass is 32.2. The number of carbonyl (C=O) groups is 2. The van der Waals surface area contributed by atoms with Gasteiger partial charge in [0.05, 0.1) is 11.8 Å². The number of carbonyl (C=O) groups excluding carboxylic acids is 2. The first-order valence-corrected chi connectivity index (χ1v) is 12.7. The summed E-state index contributed by atoms with van der Waals surface area (Å²) in [4.78, 5) is 27.7. The number of aromatic nitrogens is 3. The first kappa shape index (κ1) is 24.0. The van der Waals surface area contributed by atoms with E-state index in [9.17, 15) is 9.59 Å². The minimum absolute atomic E-state index is 0.0233. The normalized spacial score (nSPS) is 15.5. The van der Waals surface area contributed by atoms with Gasteiger partial charge in [0.1, 0.15) is 0 Å². The molecule has 1 atom stereocenters. The second kappa shape index (κ2) is 10.4. The zero-order chi connectivity index (χ0) is 24.2.